The summed E-state index contributed by atoms with van der Waals surface area (Å²) < 4.78 is 46.0. The van der Waals surface area contributed by atoms with E-state index in [4.69, 9.17) is 9.84 Å². The molecule has 1 aliphatic heterocycles. The van der Waals surface area contributed by atoms with Gasteiger partial charge in [-0.2, -0.15) is 0 Å². The average Bonchev–Trinajstić information content (AvgIpc) is 2.46. The normalized spacial score (nSPS) is 18.6. The molecule has 0 saturated carbocycles. The van der Waals surface area contributed by atoms with Gasteiger partial charge < -0.3 is 9.84 Å². The predicted octanol–water partition coefficient (Wildman–Crippen LogP) is 1.41. The molecule has 118 valence electrons. The van der Waals surface area contributed by atoms with E-state index >= 15 is 0 Å². The molecule has 0 spiro atoms. The van der Waals surface area contributed by atoms with E-state index in [0.717, 1.165) is 18.9 Å². The fraction of sp³-hybridized carbons (Fsp3) is 0.571. The summed E-state index contributed by atoms with van der Waals surface area (Å²) in [4.78, 5) is -0.393. The van der Waals surface area contributed by atoms with E-state index in [2.05, 4.69) is 4.72 Å². The smallest absolute Gasteiger partial charge is 0.243 e. The molecular formula is C14H20FNO4S. The van der Waals surface area contributed by atoms with Crippen LogP contribution in [0.2, 0.25) is 0 Å². The molecule has 1 aromatic carbocycles. The molecule has 0 unspecified atom stereocenters. The van der Waals surface area contributed by atoms with Crippen LogP contribution in [0.15, 0.2) is 23.1 Å². The summed E-state index contributed by atoms with van der Waals surface area (Å²) in [5.74, 6) is -0.855. The van der Waals surface area contributed by atoms with Crippen LogP contribution in [0.1, 0.15) is 25.3 Å². The molecule has 0 bridgehead atoms. The van der Waals surface area contributed by atoms with E-state index in [1.165, 1.54) is 12.1 Å². The fourth-order valence-electron chi connectivity index (χ4n) is 2.25. The molecule has 1 aromatic rings. The second-order valence-corrected chi connectivity index (χ2v) is 7.41. The van der Waals surface area contributed by atoms with Gasteiger partial charge in [0.1, 0.15) is 10.7 Å². The van der Waals surface area contributed by atoms with E-state index in [1.54, 1.807) is 0 Å². The van der Waals surface area contributed by atoms with Crippen LogP contribution >= 0.6 is 0 Å². The van der Waals surface area contributed by atoms with Crippen LogP contribution < -0.4 is 4.72 Å². The topological polar surface area (TPSA) is 75.6 Å². The van der Waals surface area contributed by atoms with Crippen molar-refractivity contribution in [2.75, 3.05) is 19.8 Å². The number of hydrogen-bond acceptors (Lipinski definition) is 4. The minimum absolute atomic E-state index is 0.174. The van der Waals surface area contributed by atoms with Gasteiger partial charge >= 0.3 is 0 Å². The van der Waals surface area contributed by atoms with E-state index < -0.39 is 20.7 Å². The lowest BCUT2D eigenvalue weighted by molar-refractivity contribution is 0.0264. The zero-order chi connectivity index (χ0) is 15.5. The van der Waals surface area contributed by atoms with Crippen LogP contribution in [0, 0.1) is 11.2 Å². The number of nitrogens with one attached hydrogen (secondary N) is 1. The maximum atomic E-state index is 13.8. The fourth-order valence-corrected chi connectivity index (χ4v) is 3.51. The molecule has 0 aromatic heterocycles. The van der Waals surface area contributed by atoms with E-state index in [0.29, 0.717) is 18.8 Å². The second kappa shape index (κ2) is 6.39. The summed E-state index contributed by atoms with van der Waals surface area (Å²) >= 11 is 0. The summed E-state index contributed by atoms with van der Waals surface area (Å²) in [5, 5.41) is 8.92. The Kier molecular flexibility index (Phi) is 4.98. The van der Waals surface area contributed by atoms with E-state index in [1.807, 2.05) is 6.92 Å². The first kappa shape index (κ1) is 16.4. The molecule has 0 aliphatic carbocycles. The molecule has 0 atom stereocenters. The maximum absolute atomic E-state index is 13.8. The molecular weight excluding hydrogens is 297 g/mol. The maximum Gasteiger partial charge on any atom is 0.243 e. The lowest BCUT2D eigenvalue weighted by Gasteiger charge is -2.33. The minimum atomic E-state index is -3.90. The number of aliphatic hydroxyl groups is 1. The van der Waals surface area contributed by atoms with Crippen molar-refractivity contribution in [1.29, 1.82) is 0 Å². The summed E-state index contributed by atoms with van der Waals surface area (Å²) in [6, 6.07) is 3.61. The predicted molar refractivity (Wildman–Crippen MR) is 75.7 cm³/mol. The number of hydrogen-bond donors (Lipinski definition) is 2. The third kappa shape index (κ3) is 4.00. The highest BCUT2D eigenvalue weighted by Crippen LogP contribution is 2.29. The number of halogens is 1. The monoisotopic (exact) mass is 317 g/mol. The zero-order valence-electron chi connectivity index (χ0n) is 11.9. The molecule has 0 amide bonds. The van der Waals surface area contributed by atoms with Crippen molar-refractivity contribution < 1.29 is 22.7 Å². The van der Waals surface area contributed by atoms with Gasteiger partial charge in [0.25, 0.3) is 0 Å². The number of ether oxygens (including phenoxy) is 1. The third-order valence-electron chi connectivity index (χ3n) is 3.86. The van der Waals surface area contributed by atoms with E-state index in [-0.39, 0.29) is 18.6 Å². The van der Waals surface area contributed by atoms with Crippen molar-refractivity contribution in [1.82, 2.24) is 4.72 Å². The Morgan fingerprint density at radius 2 is 2.05 bits per heavy atom. The first-order chi connectivity index (χ1) is 9.86. The Balaban J connectivity index is 2.11. The Bertz CT molecular complexity index is 597. The van der Waals surface area contributed by atoms with Crippen molar-refractivity contribution >= 4 is 10.0 Å². The summed E-state index contributed by atoms with van der Waals surface area (Å²) in [6.07, 6.45) is 1.53. The van der Waals surface area contributed by atoms with Crippen LogP contribution in [-0.4, -0.2) is 33.3 Å². The number of sulfonamides is 1. The molecule has 1 aliphatic rings. The van der Waals surface area contributed by atoms with Gasteiger partial charge in [0, 0.05) is 19.8 Å². The molecule has 7 heteroatoms. The van der Waals surface area contributed by atoms with Gasteiger partial charge in [0.05, 0.1) is 6.61 Å². The van der Waals surface area contributed by atoms with Gasteiger partial charge in [0.2, 0.25) is 10.0 Å². The van der Waals surface area contributed by atoms with Crippen molar-refractivity contribution in [3.05, 3.63) is 29.6 Å². The Morgan fingerprint density at radius 3 is 2.62 bits per heavy atom. The van der Waals surface area contributed by atoms with Crippen molar-refractivity contribution in [2.24, 2.45) is 5.41 Å². The van der Waals surface area contributed by atoms with Gasteiger partial charge in [-0.3, -0.25) is 0 Å². The first-order valence-corrected chi connectivity index (χ1v) is 8.31. The molecule has 0 radical (unpaired) electrons. The highest BCUT2D eigenvalue weighted by Gasteiger charge is 2.30. The van der Waals surface area contributed by atoms with Crippen molar-refractivity contribution in [2.45, 2.75) is 31.3 Å². The Hall–Kier alpha value is -1.02. The second-order valence-electron chi connectivity index (χ2n) is 5.67. The lowest BCUT2D eigenvalue weighted by atomic mass is 9.83. The van der Waals surface area contributed by atoms with E-state index in [9.17, 15) is 12.8 Å². The Labute approximate surface area is 124 Å². The van der Waals surface area contributed by atoms with Gasteiger partial charge in [0.15, 0.2) is 0 Å². The van der Waals surface area contributed by atoms with Gasteiger partial charge in [-0.05, 0) is 36.0 Å². The van der Waals surface area contributed by atoms with Crippen molar-refractivity contribution in [3.8, 4) is 0 Å². The lowest BCUT2D eigenvalue weighted by Crippen LogP contribution is -2.39. The molecule has 5 nitrogen and oxygen atoms in total. The standard InChI is InChI=1S/C14H20FNO4S/c1-14(4-6-20-7-5-14)10-16-21(18,19)13-3-2-11(9-17)8-12(13)15/h2-3,8,16-17H,4-7,9-10H2,1H3. The van der Waals surface area contributed by atoms with Crippen LogP contribution in [0.25, 0.3) is 0 Å². The average molecular weight is 317 g/mol. The van der Waals surface area contributed by atoms with Crippen LogP contribution in [0.3, 0.4) is 0 Å². The van der Waals surface area contributed by atoms with Gasteiger partial charge in [-0.1, -0.05) is 13.0 Å². The first-order valence-electron chi connectivity index (χ1n) is 6.83. The third-order valence-corrected chi connectivity index (χ3v) is 5.29. The molecule has 1 heterocycles. The molecule has 21 heavy (non-hydrogen) atoms. The molecule has 2 N–H and O–H groups in total. The summed E-state index contributed by atoms with van der Waals surface area (Å²) in [5.41, 5.74) is 0.162. The Morgan fingerprint density at radius 1 is 1.38 bits per heavy atom. The van der Waals surface area contributed by atoms with Crippen LogP contribution in [-0.2, 0) is 21.4 Å². The largest absolute Gasteiger partial charge is 0.392 e. The van der Waals surface area contributed by atoms with Gasteiger partial charge in [-0.15, -0.1) is 0 Å². The molecule has 2 rings (SSSR count). The van der Waals surface area contributed by atoms with Gasteiger partial charge in [-0.25, -0.2) is 17.5 Å². The quantitative estimate of drug-likeness (QED) is 0.861. The summed E-state index contributed by atoms with van der Waals surface area (Å²) in [7, 11) is -3.90. The van der Waals surface area contributed by atoms with Crippen LogP contribution in [0.4, 0.5) is 4.39 Å². The highest BCUT2D eigenvalue weighted by atomic mass is 32.2. The number of rotatable bonds is 5. The zero-order valence-corrected chi connectivity index (χ0v) is 12.7. The summed E-state index contributed by atoms with van der Waals surface area (Å²) in [6.45, 7) is 3.13. The number of benzene rings is 1. The highest BCUT2D eigenvalue weighted by molar-refractivity contribution is 7.89. The minimum Gasteiger partial charge on any atom is -0.392 e. The van der Waals surface area contributed by atoms with Crippen molar-refractivity contribution in [3.63, 3.8) is 0 Å². The number of aliphatic hydroxyl groups excluding tert-OH is 1. The van der Waals surface area contributed by atoms with Crippen LogP contribution in [0.5, 0.6) is 0 Å². The molecule has 1 fully saturated rings. The molecule has 1 saturated heterocycles. The SMILES string of the molecule is CC1(CNS(=O)(=O)c2ccc(CO)cc2F)CCOCC1.